The summed E-state index contributed by atoms with van der Waals surface area (Å²) in [5.74, 6) is -0.396. The van der Waals surface area contributed by atoms with Gasteiger partial charge in [0.1, 0.15) is 6.04 Å². The third-order valence-corrected chi connectivity index (χ3v) is 5.93. The molecule has 7 heteroatoms. The van der Waals surface area contributed by atoms with Crippen LogP contribution in [-0.2, 0) is 14.8 Å². The molecular weight excluding hydrogens is 404 g/mol. The molecule has 1 atom stereocenters. The van der Waals surface area contributed by atoms with E-state index in [1.165, 1.54) is 0 Å². The van der Waals surface area contributed by atoms with Crippen LogP contribution >= 0.6 is 15.9 Å². The summed E-state index contributed by atoms with van der Waals surface area (Å²) in [5.41, 5.74) is 3.07. The predicted octanol–water partition coefficient (Wildman–Crippen LogP) is 3.86. The largest absolute Gasteiger partial charge is 0.324 e. The minimum atomic E-state index is -3.62. The molecule has 0 radical (unpaired) electrons. The van der Waals surface area contributed by atoms with E-state index in [2.05, 4.69) is 21.2 Å². The number of anilines is 2. The number of nitrogens with zero attached hydrogens (tertiary/aromatic N) is 1. The molecule has 1 amide bonds. The van der Waals surface area contributed by atoms with Crippen molar-refractivity contribution in [2.24, 2.45) is 0 Å². The maximum atomic E-state index is 12.6. The number of hydrogen-bond acceptors (Lipinski definition) is 3. The summed E-state index contributed by atoms with van der Waals surface area (Å²) in [5, 5.41) is 2.78. The smallest absolute Gasteiger partial charge is 0.247 e. The van der Waals surface area contributed by atoms with Gasteiger partial charge in [-0.15, -0.1) is 0 Å². The minimum Gasteiger partial charge on any atom is -0.324 e. The molecule has 25 heavy (non-hydrogen) atoms. The van der Waals surface area contributed by atoms with Crippen molar-refractivity contribution in [2.75, 3.05) is 15.9 Å². The Kier molecular flexibility index (Phi) is 5.90. The SMILES string of the molecule is Cc1ccc(N(C(C)C(=O)Nc2ccc(Br)c(C)c2)S(C)(=O)=O)cc1. The van der Waals surface area contributed by atoms with Gasteiger partial charge in [0.05, 0.1) is 11.9 Å². The van der Waals surface area contributed by atoms with Gasteiger partial charge in [-0.05, 0) is 56.7 Å². The summed E-state index contributed by atoms with van der Waals surface area (Å²) >= 11 is 3.41. The first-order valence-corrected chi connectivity index (χ1v) is 10.4. The number of sulfonamides is 1. The zero-order valence-electron chi connectivity index (χ0n) is 14.6. The molecular formula is C18H21BrN2O3S. The van der Waals surface area contributed by atoms with E-state index in [-0.39, 0.29) is 0 Å². The lowest BCUT2D eigenvalue weighted by molar-refractivity contribution is -0.116. The Bertz CT molecular complexity index is 880. The lowest BCUT2D eigenvalue weighted by atomic mass is 10.2. The maximum absolute atomic E-state index is 12.6. The molecule has 2 aromatic rings. The van der Waals surface area contributed by atoms with Crippen LogP contribution in [-0.4, -0.2) is 26.6 Å². The van der Waals surface area contributed by atoms with E-state index in [9.17, 15) is 13.2 Å². The highest BCUT2D eigenvalue weighted by Crippen LogP contribution is 2.23. The number of rotatable bonds is 5. The second-order valence-electron chi connectivity index (χ2n) is 6.02. The van der Waals surface area contributed by atoms with E-state index in [1.807, 2.05) is 38.1 Å². The van der Waals surface area contributed by atoms with Crippen molar-refractivity contribution in [1.29, 1.82) is 0 Å². The predicted molar refractivity (Wildman–Crippen MR) is 105 cm³/mol. The maximum Gasteiger partial charge on any atom is 0.247 e. The zero-order chi connectivity index (χ0) is 18.8. The van der Waals surface area contributed by atoms with Gasteiger partial charge in [-0.25, -0.2) is 8.42 Å². The highest BCUT2D eigenvalue weighted by atomic mass is 79.9. The molecule has 0 aliphatic rings. The number of carbonyl (C=O) groups is 1. The van der Waals surface area contributed by atoms with Gasteiger partial charge >= 0.3 is 0 Å². The van der Waals surface area contributed by atoms with Crippen LogP contribution in [0, 0.1) is 13.8 Å². The van der Waals surface area contributed by atoms with Crippen molar-refractivity contribution < 1.29 is 13.2 Å². The molecule has 0 fully saturated rings. The molecule has 2 rings (SSSR count). The second-order valence-corrected chi connectivity index (χ2v) is 8.74. The third-order valence-electron chi connectivity index (χ3n) is 3.80. The van der Waals surface area contributed by atoms with Crippen LogP contribution in [0.5, 0.6) is 0 Å². The fourth-order valence-corrected chi connectivity index (χ4v) is 3.89. The summed E-state index contributed by atoms with van der Waals surface area (Å²) in [4.78, 5) is 12.6. The molecule has 0 saturated carbocycles. The van der Waals surface area contributed by atoms with Crippen LogP contribution in [0.2, 0.25) is 0 Å². The second kappa shape index (κ2) is 7.58. The van der Waals surface area contributed by atoms with Crippen molar-refractivity contribution in [3.63, 3.8) is 0 Å². The van der Waals surface area contributed by atoms with Crippen molar-refractivity contribution in [2.45, 2.75) is 26.8 Å². The summed E-state index contributed by atoms with van der Waals surface area (Å²) in [6, 6.07) is 11.6. The molecule has 0 aromatic heterocycles. The molecule has 0 bridgehead atoms. The van der Waals surface area contributed by atoms with Gasteiger partial charge < -0.3 is 5.32 Å². The Morgan fingerprint density at radius 2 is 1.72 bits per heavy atom. The van der Waals surface area contributed by atoms with Crippen LogP contribution in [0.4, 0.5) is 11.4 Å². The zero-order valence-corrected chi connectivity index (χ0v) is 17.0. The van der Waals surface area contributed by atoms with Gasteiger partial charge in [0.2, 0.25) is 15.9 Å². The fraction of sp³-hybridized carbons (Fsp3) is 0.278. The van der Waals surface area contributed by atoms with Gasteiger partial charge in [0.25, 0.3) is 0 Å². The van der Waals surface area contributed by atoms with Crippen LogP contribution in [0.25, 0.3) is 0 Å². The number of halogens is 1. The first-order valence-electron chi connectivity index (χ1n) is 7.72. The standard InChI is InChI=1S/C18H21BrN2O3S/c1-12-5-8-16(9-6-12)21(25(4,23)24)14(3)18(22)20-15-7-10-17(19)13(2)11-15/h5-11,14H,1-4H3,(H,20,22). The lowest BCUT2D eigenvalue weighted by Crippen LogP contribution is -2.45. The summed E-state index contributed by atoms with van der Waals surface area (Å²) in [6.07, 6.45) is 1.10. The lowest BCUT2D eigenvalue weighted by Gasteiger charge is -2.28. The van der Waals surface area contributed by atoms with Gasteiger partial charge in [-0.1, -0.05) is 33.6 Å². The van der Waals surface area contributed by atoms with E-state index in [4.69, 9.17) is 0 Å². The van der Waals surface area contributed by atoms with E-state index in [0.717, 1.165) is 26.2 Å². The molecule has 134 valence electrons. The molecule has 0 heterocycles. The summed E-state index contributed by atoms with van der Waals surface area (Å²) in [6.45, 7) is 5.40. The van der Waals surface area contributed by atoms with Crippen LogP contribution < -0.4 is 9.62 Å². The number of hydrogen-bond donors (Lipinski definition) is 1. The average molecular weight is 425 g/mol. The Balaban J connectivity index is 2.29. The topological polar surface area (TPSA) is 66.5 Å². The van der Waals surface area contributed by atoms with E-state index < -0.39 is 22.0 Å². The van der Waals surface area contributed by atoms with Crippen LogP contribution in [0.1, 0.15) is 18.1 Å². The number of carbonyl (C=O) groups excluding carboxylic acids is 1. The molecule has 0 spiro atoms. The summed E-state index contributed by atoms with van der Waals surface area (Å²) in [7, 11) is -3.62. The monoisotopic (exact) mass is 424 g/mol. The number of aryl methyl sites for hydroxylation is 2. The molecule has 5 nitrogen and oxygen atoms in total. The van der Waals surface area contributed by atoms with E-state index in [0.29, 0.717) is 11.4 Å². The third kappa shape index (κ3) is 4.83. The van der Waals surface area contributed by atoms with E-state index in [1.54, 1.807) is 25.1 Å². The number of nitrogens with one attached hydrogen (secondary N) is 1. The van der Waals surface area contributed by atoms with Crippen molar-refractivity contribution in [3.8, 4) is 0 Å². The highest BCUT2D eigenvalue weighted by Gasteiger charge is 2.29. The Morgan fingerprint density at radius 3 is 2.24 bits per heavy atom. The van der Waals surface area contributed by atoms with Crippen LogP contribution in [0.15, 0.2) is 46.9 Å². The van der Waals surface area contributed by atoms with Gasteiger partial charge in [0, 0.05) is 10.2 Å². The fourth-order valence-electron chi connectivity index (χ4n) is 2.47. The molecule has 2 aromatic carbocycles. The van der Waals surface area contributed by atoms with Gasteiger partial charge in [0.15, 0.2) is 0 Å². The van der Waals surface area contributed by atoms with Crippen molar-refractivity contribution in [1.82, 2.24) is 0 Å². The Hall–Kier alpha value is -1.86. The van der Waals surface area contributed by atoms with Crippen LogP contribution in [0.3, 0.4) is 0 Å². The number of amides is 1. The Labute approximate surface area is 157 Å². The molecule has 1 N–H and O–H groups in total. The molecule has 0 saturated heterocycles. The quantitative estimate of drug-likeness (QED) is 0.791. The average Bonchev–Trinajstić information content (AvgIpc) is 2.51. The minimum absolute atomic E-state index is 0.396. The Morgan fingerprint density at radius 1 is 1.12 bits per heavy atom. The van der Waals surface area contributed by atoms with Gasteiger partial charge in [-0.2, -0.15) is 0 Å². The molecule has 1 unspecified atom stereocenters. The number of benzene rings is 2. The summed E-state index contributed by atoms with van der Waals surface area (Å²) < 4.78 is 26.6. The first-order chi connectivity index (χ1) is 11.6. The highest BCUT2D eigenvalue weighted by molar-refractivity contribution is 9.10. The van der Waals surface area contributed by atoms with E-state index >= 15 is 0 Å². The van der Waals surface area contributed by atoms with Crippen molar-refractivity contribution >= 4 is 43.2 Å². The normalized spacial score (nSPS) is 12.5. The molecule has 0 aliphatic carbocycles. The van der Waals surface area contributed by atoms with Crippen molar-refractivity contribution in [3.05, 3.63) is 58.1 Å². The molecule has 0 aliphatic heterocycles. The first kappa shape index (κ1) is 19.5. The van der Waals surface area contributed by atoms with Gasteiger partial charge in [-0.3, -0.25) is 9.10 Å².